The van der Waals surface area contributed by atoms with Gasteiger partial charge in [0.05, 0.1) is 11.2 Å². The Morgan fingerprint density at radius 3 is 2.32 bits per heavy atom. The highest BCUT2D eigenvalue weighted by Crippen LogP contribution is 2.19. The van der Waals surface area contributed by atoms with Crippen LogP contribution in [0, 0.1) is 0 Å². The Balaban J connectivity index is 1.75. The first-order chi connectivity index (χ1) is 12.0. The Bertz CT molecular complexity index is 916. The van der Waals surface area contributed by atoms with Crippen molar-refractivity contribution in [3.63, 3.8) is 0 Å². The summed E-state index contributed by atoms with van der Waals surface area (Å²) in [5.41, 5.74) is 2.99. The van der Waals surface area contributed by atoms with Gasteiger partial charge in [-0.3, -0.25) is 0 Å². The topological polar surface area (TPSA) is 64.0 Å². The summed E-state index contributed by atoms with van der Waals surface area (Å²) in [7, 11) is -3.55. The highest BCUT2D eigenvalue weighted by atomic mass is 32.2. The van der Waals surface area contributed by atoms with Crippen LogP contribution in [0.4, 0.5) is 0 Å². The van der Waals surface area contributed by atoms with Crippen molar-refractivity contribution in [2.24, 2.45) is 0 Å². The molecule has 1 atom stereocenters. The molecule has 1 heterocycles. The van der Waals surface area contributed by atoms with E-state index in [1.54, 1.807) is 24.7 Å². The van der Waals surface area contributed by atoms with Crippen LogP contribution in [-0.2, 0) is 16.4 Å². The maximum absolute atomic E-state index is 12.5. The second kappa shape index (κ2) is 7.21. The van der Waals surface area contributed by atoms with Crippen LogP contribution in [0.3, 0.4) is 0 Å². The average molecular weight is 355 g/mol. The molecule has 0 bridgehead atoms. The molecule has 5 nitrogen and oxygen atoms in total. The van der Waals surface area contributed by atoms with Crippen LogP contribution in [0.1, 0.15) is 31.0 Å². The van der Waals surface area contributed by atoms with Gasteiger partial charge in [0.25, 0.3) is 0 Å². The van der Waals surface area contributed by atoms with Gasteiger partial charge in [-0.2, -0.15) is 0 Å². The van der Waals surface area contributed by atoms with Crippen LogP contribution in [0.2, 0.25) is 0 Å². The highest BCUT2D eigenvalue weighted by molar-refractivity contribution is 7.89. The molecule has 3 rings (SSSR count). The molecule has 0 fully saturated rings. The van der Waals surface area contributed by atoms with Crippen molar-refractivity contribution in [3.05, 3.63) is 78.4 Å². The summed E-state index contributed by atoms with van der Waals surface area (Å²) in [6, 6.07) is 14.4. The van der Waals surface area contributed by atoms with E-state index in [9.17, 15) is 8.42 Å². The van der Waals surface area contributed by atoms with E-state index in [0.717, 1.165) is 23.2 Å². The number of benzene rings is 2. The summed E-state index contributed by atoms with van der Waals surface area (Å²) in [5, 5.41) is 0. The molecule has 2 aromatic carbocycles. The first-order valence-corrected chi connectivity index (χ1v) is 9.67. The second-order valence-corrected chi connectivity index (χ2v) is 7.62. The van der Waals surface area contributed by atoms with Crippen molar-refractivity contribution < 1.29 is 8.42 Å². The van der Waals surface area contributed by atoms with E-state index in [2.05, 4.69) is 9.71 Å². The number of nitrogens with one attached hydrogen (secondary N) is 1. The smallest absolute Gasteiger partial charge is 0.241 e. The Labute approximate surface area is 148 Å². The van der Waals surface area contributed by atoms with Crippen LogP contribution in [0.25, 0.3) is 5.69 Å². The molecule has 3 aromatic rings. The van der Waals surface area contributed by atoms with Gasteiger partial charge in [0.2, 0.25) is 10.0 Å². The normalized spacial score (nSPS) is 12.9. The SMILES string of the molecule is CCc1ccc(S(=O)(=O)N[C@@H](C)c2ccc(-n3ccnc3)cc2)cc1. The molecule has 0 aliphatic heterocycles. The molecule has 1 aromatic heterocycles. The molecule has 0 saturated carbocycles. The number of rotatable bonds is 6. The van der Waals surface area contributed by atoms with Gasteiger partial charge in [0.15, 0.2) is 0 Å². The van der Waals surface area contributed by atoms with Crippen LogP contribution in [0.5, 0.6) is 0 Å². The van der Waals surface area contributed by atoms with Gasteiger partial charge in [0, 0.05) is 24.1 Å². The molecule has 0 radical (unpaired) electrons. The van der Waals surface area contributed by atoms with Crippen LogP contribution in [0.15, 0.2) is 72.1 Å². The Morgan fingerprint density at radius 1 is 1.08 bits per heavy atom. The highest BCUT2D eigenvalue weighted by Gasteiger charge is 2.18. The van der Waals surface area contributed by atoms with Crippen LogP contribution >= 0.6 is 0 Å². The molecule has 130 valence electrons. The number of aryl methyl sites for hydroxylation is 1. The standard InChI is InChI=1S/C19H21N3O2S/c1-3-16-4-10-19(11-5-16)25(23,24)21-15(2)17-6-8-18(9-7-17)22-13-12-20-14-22/h4-15,21H,3H2,1-2H3/t15-/m0/s1. The number of hydrogen-bond donors (Lipinski definition) is 1. The number of nitrogens with zero attached hydrogens (tertiary/aromatic N) is 2. The minimum Gasteiger partial charge on any atom is -0.306 e. The van der Waals surface area contributed by atoms with E-state index in [0.29, 0.717) is 0 Å². The molecule has 6 heteroatoms. The van der Waals surface area contributed by atoms with Gasteiger partial charge in [-0.25, -0.2) is 18.1 Å². The van der Waals surface area contributed by atoms with Crippen molar-refractivity contribution in [3.8, 4) is 5.69 Å². The monoisotopic (exact) mass is 355 g/mol. The molecule has 0 unspecified atom stereocenters. The lowest BCUT2D eigenvalue weighted by Gasteiger charge is -2.15. The second-order valence-electron chi connectivity index (χ2n) is 5.90. The molecule has 0 amide bonds. The summed E-state index contributed by atoms with van der Waals surface area (Å²) >= 11 is 0. The molecule has 0 aliphatic rings. The van der Waals surface area contributed by atoms with Crippen molar-refractivity contribution in [2.75, 3.05) is 0 Å². The van der Waals surface area contributed by atoms with Crippen LogP contribution < -0.4 is 4.72 Å². The predicted octanol–water partition coefficient (Wildman–Crippen LogP) is 3.47. The molecule has 25 heavy (non-hydrogen) atoms. The fraction of sp³-hybridized carbons (Fsp3) is 0.211. The summed E-state index contributed by atoms with van der Waals surface area (Å²) in [6.07, 6.45) is 6.18. The van der Waals surface area contributed by atoms with E-state index >= 15 is 0 Å². The average Bonchev–Trinajstić information content (AvgIpc) is 3.16. The van der Waals surface area contributed by atoms with E-state index < -0.39 is 10.0 Å². The summed E-state index contributed by atoms with van der Waals surface area (Å²) in [6.45, 7) is 3.88. The third kappa shape index (κ3) is 3.97. The van der Waals surface area contributed by atoms with E-state index in [1.807, 2.05) is 61.0 Å². The van der Waals surface area contributed by atoms with Crippen LogP contribution in [-0.4, -0.2) is 18.0 Å². The lowest BCUT2D eigenvalue weighted by atomic mass is 10.1. The van der Waals surface area contributed by atoms with Gasteiger partial charge in [-0.15, -0.1) is 0 Å². The zero-order chi connectivity index (χ0) is 17.9. The lowest BCUT2D eigenvalue weighted by molar-refractivity contribution is 0.567. The molecular weight excluding hydrogens is 334 g/mol. The molecule has 0 saturated heterocycles. The Kier molecular flexibility index (Phi) is 5.01. The van der Waals surface area contributed by atoms with Gasteiger partial charge in [-0.1, -0.05) is 31.2 Å². The van der Waals surface area contributed by atoms with Gasteiger partial charge in [0.1, 0.15) is 0 Å². The third-order valence-electron chi connectivity index (χ3n) is 4.17. The zero-order valence-electron chi connectivity index (χ0n) is 14.3. The van der Waals surface area contributed by atoms with Crippen molar-refractivity contribution in [2.45, 2.75) is 31.2 Å². The Hall–Kier alpha value is -2.44. The summed E-state index contributed by atoms with van der Waals surface area (Å²) in [5.74, 6) is 0. The Morgan fingerprint density at radius 2 is 1.76 bits per heavy atom. The van der Waals surface area contributed by atoms with Crippen molar-refractivity contribution in [1.29, 1.82) is 0 Å². The van der Waals surface area contributed by atoms with Gasteiger partial charge in [-0.05, 0) is 48.7 Å². The summed E-state index contributed by atoms with van der Waals surface area (Å²) < 4.78 is 29.7. The molecule has 1 N–H and O–H groups in total. The molecular formula is C19H21N3O2S. The zero-order valence-corrected chi connectivity index (χ0v) is 15.1. The number of imidazole rings is 1. The van der Waals surface area contributed by atoms with Gasteiger partial charge < -0.3 is 4.57 Å². The van der Waals surface area contributed by atoms with Crippen molar-refractivity contribution in [1.82, 2.24) is 14.3 Å². The maximum Gasteiger partial charge on any atom is 0.241 e. The maximum atomic E-state index is 12.5. The molecule has 0 aliphatic carbocycles. The number of sulfonamides is 1. The van der Waals surface area contributed by atoms with E-state index in [1.165, 1.54) is 0 Å². The quantitative estimate of drug-likeness (QED) is 0.736. The van der Waals surface area contributed by atoms with E-state index in [-0.39, 0.29) is 10.9 Å². The largest absolute Gasteiger partial charge is 0.306 e. The summed E-state index contributed by atoms with van der Waals surface area (Å²) in [4.78, 5) is 4.31. The number of aromatic nitrogens is 2. The third-order valence-corrected chi connectivity index (χ3v) is 5.73. The van der Waals surface area contributed by atoms with Gasteiger partial charge >= 0.3 is 0 Å². The first-order valence-electron chi connectivity index (χ1n) is 8.19. The first kappa shape index (κ1) is 17.4. The lowest BCUT2D eigenvalue weighted by Crippen LogP contribution is -2.26. The van der Waals surface area contributed by atoms with Crippen molar-refractivity contribution >= 4 is 10.0 Å². The van der Waals surface area contributed by atoms with E-state index in [4.69, 9.17) is 0 Å². The molecule has 0 spiro atoms. The fourth-order valence-corrected chi connectivity index (χ4v) is 3.85. The fourth-order valence-electron chi connectivity index (χ4n) is 2.62. The predicted molar refractivity (Wildman–Crippen MR) is 98.1 cm³/mol. The minimum atomic E-state index is -3.55. The number of hydrogen-bond acceptors (Lipinski definition) is 3. The minimum absolute atomic E-state index is 0.284.